The maximum absolute atomic E-state index is 12.2. The average molecular weight is 242 g/mol. The minimum Gasteiger partial charge on any atom is -0.393 e. The van der Waals surface area contributed by atoms with Crippen molar-refractivity contribution >= 4 is 23.1 Å². The van der Waals surface area contributed by atoms with Crippen molar-refractivity contribution in [1.82, 2.24) is 4.90 Å². The number of rotatable bonds is 4. The van der Waals surface area contributed by atoms with E-state index in [2.05, 4.69) is 6.92 Å². The summed E-state index contributed by atoms with van der Waals surface area (Å²) >= 11 is 4.90. The van der Waals surface area contributed by atoms with E-state index in [1.54, 1.807) is 0 Å². The van der Waals surface area contributed by atoms with E-state index in [9.17, 15) is 4.79 Å². The third kappa shape index (κ3) is 3.17. The highest BCUT2D eigenvalue weighted by molar-refractivity contribution is 7.80. The molecule has 1 saturated heterocycles. The van der Waals surface area contributed by atoms with E-state index in [0.717, 1.165) is 32.2 Å². The first-order valence-corrected chi connectivity index (χ1v) is 6.58. The van der Waals surface area contributed by atoms with E-state index >= 15 is 0 Å². The van der Waals surface area contributed by atoms with E-state index in [4.69, 9.17) is 18.0 Å². The number of piperidine rings is 1. The van der Waals surface area contributed by atoms with Crippen LogP contribution < -0.4 is 5.73 Å². The van der Waals surface area contributed by atoms with Crippen molar-refractivity contribution < 1.29 is 4.79 Å². The first-order chi connectivity index (χ1) is 7.57. The number of amides is 1. The van der Waals surface area contributed by atoms with Gasteiger partial charge in [-0.25, -0.2) is 0 Å². The van der Waals surface area contributed by atoms with E-state index in [1.807, 2.05) is 11.8 Å². The first kappa shape index (κ1) is 13.4. The number of nitrogens with zero attached hydrogens (tertiary/aromatic N) is 1. The lowest BCUT2D eigenvalue weighted by molar-refractivity contribution is -0.136. The first-order valence-electron chi connectivity index (χ1n) is 6.17. The molecule has 0 spiro atoms. The Morgan fingerprint density at radius 3 is 2.81 bits per heavy atom. The predicted molar refractivity (Wildman–Crippen MR) is 70.2 cm³/mol. The molecule has 2 unspecified atom stereocenters. The fourth-order valence-electron chi connectivity index (χ4n) is 2.29. The minimum atomic E-state index is -0.313. The summed E-state index contributed by atoms with van der Waals surface area (Å²) in [5.74, 6) is -0.196. The summed E-state index contributed by atoms with van der Waals surface area (Å²) in [4.78, 5) is 14.5. The van der Waals surface area contributed by atoms with Crippen LogP contribution in [0, 0.1) is 5.92 Å². The molecule has 4 heteroatoms. The fourth-order valence-corrected chi connectivity index (χ4v) is 2.40. The zero-order valence-electron chi connectivity index (χ0n) is 10.2. The van der Waals surface area contributed by atoms with Gasteiger partial charge in [-0.05, 0) is 32.6 Å². The Labute approximate surface area is 103 Å². The molecule has 1 aliphatic heterocycles. The van der Waals surface area contributed by atoms with Gasteiger partial charge in [0.05, 0.1) is 10.9 Å². The second-order valence-corrected chi connectivity index (χ2v) is 5.07. The number of carbonyl (C=O) groups is 1. The van der Waals surface area contributed by atoms with Crippen LogP contribution in [0.1, 0.15) is 46.0 Å². The van der Waals surface area contributed by atoms with Crippen molar-refractivity contribution in [1.29, 1.82) is 0 Å². The maximum Gasteiger partial charge on any atom is 0.232 e. The second-order valence-electron chi connectivity index (χ2n) is 4.59. The maximum atomic E-state index is 12.2. The van der Waals surface area contributed by atoms with Crippen molar-refractivity contribution in [2.45, 2.75) is 52.0 Å². The molecule has 0 saturated carbocycles. The van der Waals surface area contributed by atoms with Gasteiger partial charge in [0.2, 0.25) is 5.91 Å². The Morgan fingerprint density at radius 2 is 2.25 bits per heavy atom. The monoisotopic (exact) mass is 242 g/mol. The van der Waals surface area contributed by atoms with Crippen LogP contribution in [0.5, 0.6) is 0 Å². The highest BCUT2D eigenvalue weighted by Gasteiger charge is 2.29. The third-order valence-corrected chi connectivity index (χ3v) is 3.68. The molecule has 1 rings (SSSR count). The van der Waals surface area contributed by atoms with Crippen LogP contribution in [0.3, 0.4) is 0 Å². The van der Waals surface area contributed by atoms with Crippen LogP contribution in [0.4, 0.5) is 0 Å². The molecule has 2 N–H and O–H groups in total. The molecule has 1 aliphatic rings. The Hall–Kier alpha value is -0.640. The zero-order valence-corrected chi connectivity index (χ0v) is 11.1. The normalized spacial score (nSPS) is 22.9. The quantitative estimate of drug-likeness (QED) is 0.768. The van der Waals surface area contributed by atoms with Gasteiger partial charge < -0.3 is 10.6 Å². The van der Waals surface area contributed by atoms with Gasteiger partial charge in [0.25, 0.3) is 0 Å². The van der Waals surface area contributed by atoms with Crippen molar-refractivity contribution in [3.8, 4) is 0 Å². The van der Waals surface area contributed by atoms with E-state index in [-0.39, 0.29) is 11.8 Å². The van der Waals surface area contributed by atoms with Gasteiger partial charge in [0.1, 0.15) is 0 Å². The van der Waals surface area contributed by atoms with Gasteiger partial charge in [-0.2, -0.15) is 0 Å². The summed E-state index contributed by atoms with van der Waals surface area (Å²) < 4.78 is 0. The smallest absolute Gasteiger partial charge is 0.232 e. The van der Waals surface area contributed by atoms with Crippen LogP contribution in [0.15, 0.2) is 0 Å². The average Bonchev–Trinajstić information content (AvgIpc) is 2.28. The van der Waals surface area contributed by atoms with Crippen molar-refractivity contribution in [2.24, 2.45) is 11.7 Å². The van der Waals surface area contributed by atoms with Gasteiger partial charge in [-0.15, -0.1) is 0 Å². The van der Waals surface area contributed by atoms with Crippen LogP contribution in [0.2, 0.25) is 0 Å². The lowest BCUT2D eigenvalue weighted by Crippen LogP contribution is -2.48. The Balaban J connectivity index is 2.67. The molecule has 2 atom stereocenters. The van der Waals surface area contributed by atoms with E-state index in [0.29, 0.717) is 11.0 Å². The summed E-state index contributed by atoms with van der Waals surface area (Å²) in [5.41, 5.74) is 5.55. The molecule has 1 heterocycles. The standard InChI is InChI=1S/C12H22N2OS/c1-3-6-10-7-4-5-8-14(10)12(15)9(2)11(13)16/h9-10H,3-8H2,1-2H3,(H2,13,16). The number of thiocarbonyl (C=S) groups is 1. The SMILES string of the molecule is CCCC1CCCCN1C(=O)C(C)C(N)=S. The summed E-state index contributed by atoms with van der Waals surface area (Å²) in [6.45, 7) is 4.84. The Kier molecular flexibility index (Phi) is 5.19. The molecule has 92 valence electrons. The lowest BCUT2D eigenvalue weighted by Gasteiger charge is -2.37. The molecule has 16 heavy (non-hydrogen) atoms. The molecule has 3 nitrogen and oxygen atoms in total. The third-order valence-electron chi connectivity index (χ3n) is 3.33. The van der Waals surface area contributed by atoms with Gasteiger partial charge in [0.15, 0.2) is 0 Å². The van der Waals surface area contributed by atoms with Crippen molar-refractivity contribution in [3.63, 3.8) is 0 Å². The summed E-state index contributed by atoms with van der Waals surface area (Å²) in [5, 5.41) is 0. The Morgan fingerprint density at radius 1 is 1.56 bits per heavy atom. The van der Waals surface area contributed by atoms with Gasteiger partial charge in [-0.1, -0.05) is 25.6 Å². The molecular weight excluding hydrogens is 220 g/mol. The van der Waals surface area contributed by atoms with E-state index < -0.39 is 0 Å². The van der Waals surface area contributed by atoms with Crippen molar-refractivity contribution in [2.75, 3.05) is 6.54 Å². The largest absolute Gasteiger partial charge is 0.393 e. The lowest BCUT2D eigenvalue weighted by atomic mass is 9.96. The zero-order chi connectivity index (χ0) is 12.1. The summed E-state index contributed by atoms with van der Waals surface area (Å²) in [6.07, 6.45) is 5.68. The number of hydrogen-bond donors (Lipinski definition) is 1. The highest BCUT2D eigenvalue weighted by Crippen LogP contribution is 2.22. The van der Waals surface area contributed by atoms with Crippen LogP contribution in [0.25, 0.3) is 0 Å². The summed E-state index contributed by atoms with van der Waals surface area (Å²) in [7, 11) is 0. The van der Waals surface area contributed by atoms with Crippen LogP contribution >= 0.6 is 12.2 Å². The molecule has 1 amide bonds. The number of likely N-dealkylation sites (tertiary alicyclic amines) is 1. The molecular formula is C12H22N2OS. The minimum absolute atomic E-state index is 0.116. The molecule has 0 aromatic heterocycles. The fraction of sp³-hybridized carbons (Fsp3) is 0.833. The predicted octanol–water partition coefficient (Wildman–Crippen LogP) is 2.09. The summed E-state index contributed by atoms with van der Waals surface area (Å²) in [6, 6.07) is 0.406. The second kappa shape index (κ2) is 6.18. The van der Waals surface area contributed by atoms with Crippen LogP contribution in [-0.4, -0.2) is 28.4 Å². The van der Waals surface area contributed by atoms with Gasteiger partial charge >= 0.3 is 0 Å². The molecule has 0 aromatic rings. The van der Waals surface area contributed by atoms with Gasteiger partial charge in [0, 0.05) is 12.6 Å². The molecule has 1 fully saturated rings. The number of carbonyl (C=O) groups excluding carboxylic acids is 1. The molecule has 0 aromatic carbocycles. The number of hydrogen-bond acceptors (Lipinski definition) is 2. The van der Waals surface area contributed by atoms with Crippen molar-refractivity contribution in [3.05, 3.63) is 0 Å². The topological polar surface area (TPSA) is 46.3 Å². The molecule has 0 radical (unpaired) electrons. The Bertz CT molecular complexity index is 266. The number of nitrogens with two attached hydrogens (primary N) is 1. The molecule has 0 aliphatic carbocycles. The van der Waals surface area contributed by atoms with E-state index in [1.165, 1.54) is 6.42 Å². The van der Waals surface area contributed by atoms with Gasteiger partial charge in [-0.3, -0.25) is 4.79 Å². The highest BCUT2D eigenvalue weighted by atomic mass is 32.1. The van der Waals surface area contributed by atoms with Crippen LogP contribution in [-0.2, 0) is 4.79 Å². The molecule has 0 bridgehead atoms.